The number of rotatable bonds is 18. The van der Waals surface area contributed by atoms with Gasteiger partial charge in [-0.05, 0) is 0 Å². The maximum Gasteiger partial charge on any atom is 0.460 e. The van der Waals surface area contributed by atoms with Gasteiger partial charge in [-0.15, -0.1) is 0 Å². The van der Waals surface area contributed by atoms with E-state index in [1.54, 1.807) is 0 Å². The summed E-state index contributed by atoms with van der Waals surface area (Å²) in [6, 6.07) is 0. The SMILES string of the molecule is O=S(=O)(NS(=O)(=O)C(F)(F)C(F)(F)C(F)(F)C(F)(F)C(F)(F)C(F)(F)C(F)(F)C(F)(F)C(F)(F)F)C(F)(F)C(F)(F)C(F)(F)C(F)(F)C(F)(F)C(F)(F)C(F)(F)C(F)(F)C(F)(F)F. The molecule has 0 atom stereocenters. The topological polar surface area (TPSA) is 80.3 Å². The van der Waals surface area contributed by atoms with Crippen LogP contribution in [0.3, 0.4) is 0 Å². The molecule has 0 unspecified atom stereocenters. The lowest BCUT2D eigenvalue weighted by Crippen LogP contribution is -2.77. The highest BCUT2D eigenvalue weighted by Gasteiger charge is 3.00. The molecule has 0 fully saturated rings. The summed E-state index contributed by atoms with van der Waals surface area (Å²) in [6.45, 7) is 0. The van der Waals surface area contributed by atoms with Crippen molar-refractivity contribution in [1.29, 1.82) is 0 Å². The lowest BCUT2D eigenvalue weighted by molar-refractivity contribution is -0.466. The predicted molar refractivity (Wildman–Crippen MR) is 112 cm³/mol. The predicted octanol–water partition coefficient (Wildman–Crippen LogP) is 10.4. The van der Waals surface area contributed by atoms with E-state index in [0.29, 0.717) is 0 Å². The van der Waals surface area contributed by atoms with Crippen LogP contribution in [0.2, 0.25) is 0 Å². The summed E-state index contributed by atoms with van der Waals surface area (Å²) < 4.78 is 551. The Kier molecular flexibility index (Phi) is 13.7. The Morgan fingerprint density at radius 3 is 0.429 bits per heavy atom. The molecule has 0 saturated carbocycles. The molecule has 5 nitrogen and oxygen atoms in total. The van der Waals surface area contributed by atoms with Gasteiger partial charge >= 0.3 is 106 Å². The number of hydrogen-bond acceptors (Lipinski definition) is 4. The molecule has 0 aromatic rings. The van der Waals surface area contributed by atoms with Gasteiger partial charge in [0.15, 0.2) is 0 Å². The Bertz CT molecular complexity index is 1800. The van der Waals surface area contributed by atoms with E-state index >= 15 is 0 Å². The van der Waals surface area contributed by atoms with Gasteiger partial charge in [-0.2, -0.15) is 167 Å². The Labute approximate surface area is 314 Å². The Morgan fingerprint density at radius 1 is 0.190 bits per heavy atom. The molecule has 1 N–H and O–H groups in total. The van der Waals surface area contributed by atoms with Gasteiger partial charge in [-0.1, -0.05) is 4.13 Å². The molecular weight excluding hydrogens is 1080 g/mol. The minimum atomic E-state index is -10.1. The summed E-state index contributed by atoms with van der Waals surface area (Å²) in [5, 5.41) is -19.1. The molecule has 0 bridgehead atoms. The highest BCUT2D eigenvalue weighted by Crippen LogP contribution is 2.68. The van der Waals surface area contributed by atoms with E-state index in [9.17, 15) is 184 Å². The molecule has 0 rings (SSSR count). The van der Waals surface area contributed by atoms with Crippen LogP contribution in [0.1, 0.15) is 0 Å². The van der Waals surface area contributed by atoms with Crippen molar-refractivity contribution in [2.45, 2.75) is 106 Å². The van der Waals surface area contributed by atoms with Crippen LogP contribution in [0, 0.1) is 0 Å². The second kappa shape index (κ2) is 14.4. The largest absolute Gasteiger partial charge is 0.460 e. The molecule has 0 spiro atoms. The van der Waals surface area contributed by atoms with Gasteiger partial charge in [0.25, 0.3) is 20.0 Å². The third kappa shape index (κ3) is 7.10. The summed E-state index contributed by atoms with van der Waals surface area (Å²) >= 11 is 0. The van der Waals surface area contributed by atoms with E-state index in [4.69, 9.17) is 0 Å². The minimum absolute atomic E-state index is 2.50. The molecule has 0 aromatic carbocycles. The second-order valence-corrected chi connectivity index (χ2v) is 14.9. The quantitative estimate of drug-likeness (QED) is 0.139. The molecule has 63 heavy (non-hydrogen) atoms. The first-order valence-electron chi connectivity index (χ1n) is 12.7. The average Bonchev–Trinajstić information content (AvgIpc) is 3.01. The van der Waals surface area contributed by atoms with Crippen LogP contribution in [-0.4, -0.2) is 123 Å². The van der Waals surface area contributed by atoms with Crippen LogP contribution in [0.15, 0.2) is 0 Å². The monoisotopic (exact) mass is 1080 g/mol. The van der Waals surface area contributed by atoms with Gasteiger partial charge in [-0.25, -0.2) is 16.8 Å². The fourth-order valence-electron chi connectivity index (χ4n) is 3.28. The van der Waals surface area contributed by atoms with Crippen LogP contribution in [0.25, 0.3) is 0 Å². The van der Waals surface area contributed by atoms with Crippen LogP contribution in [0.4, 0.5) is 167 Å². The number of nitrogens with one attached hydrogen (secondary N) is 1. The Balaban J connectivity index is 7.72. The van der Waals surface area contributed by atoms with Gasteiger partial charge in [0.2, 0.25) is 0 Å². The summed E-state index contributed by atoms with van der Waals surface area (Å²) in [7, 11) is -20.2. The zero-order chi connectivity index (χ0) is 52.7. The number of alkyl halides is 38. The van der Waals surface area contributed by atoms with E-state index < -0.39 is 130 Å². The van der Waals surface area contributed by atoms with Crippen LogP contribution in [0.5, 0.6) is 0 Å². The van der Waals surface area contributed by atoms with Crippen molar-refractivity contribution < 1.29 is 184 Å². The molecule has 0 amide bonds. The number of sulfonamides is 2. The Morgan fingerprint density at radius 2 is 0.302 bits per heavy atom. The first-order chi connectivity index (χ1) is 26.2. The maximum atomic E-state index is 14.1. The molecule has 0 aliphatic heterocycles. The lowest BCUT2D eigenvalue weighted by Gasteiger charge is -2.44. The van der Waals surface area contributed by atoms with E-state index in [-0.39, 0.29) is 0 Å². The zero-order valence-electron chi connectivity index (χ0n) is 26.3. The van der Waals surface area contributed by atoms with E-state index in [2.05, 4.69) is 0 Å². The second-order valence-electron chi connectivity index (χ2n) is 11.2. The molecule has 0 heterocycles. The summed E-state index contributed by atoms with van der Waals surface area (Å²) in [4.78, 5) is 0. The van der Waals surface area contributed by atoms with Gasteiger partial charge in [0.05, 0.1) is 0 Å². The average molecular weight is 1080 g/mol. The third-order valence-corrected chi connectivity index (χ3v) is 10.7. The normalized spacial score (nSPS) is 17.4. The molecule has 0 aliphatic carbocycles. The molecule has 0 aromatic heterocycles. The van der Waals surface area contributed by atoms with E-state index in [0.717, 1.165) is 0 Å². The molecule has 0 radical (unpaired) electrons. The smallest absolute Gasteiger partial charge is 0.205 e. The summed E-state index contributed by atoms with van der Waals surface area (Å²) in [5.41, 5.74) is 0. The van der Waals surface area contributed by atoms with Gasteiger partial charge in [0, 0.05) is 0 Å². The fourth-order valence-corrected chi connectivity index (χ4v) is 6.20. The number of hydrogen-bond donors (Lipinski definition) is 1. The van der Waals surface area contributed by atoms with Crippen molar-refractivity contribution in [2.24, 2.45) is 0 Å². The van der Waals surface area contributed by atoms with Crippen molar-refractivity contribution in [2.75, 3.05) is 0 Å². The lowest BCUT2D eigenvalue weighted by atomic mass is 9.89. The van der Waals surface area contributed by atoms with Gasteiger partial charge < -0.3 is 0 Å². The Hall–Kier alpha value is -2.80. The van der Waals surface area contributed by atoms with Crippen molar-refractivity contribution in [3.63, 3.8) is 0 Å². The molecule has 0 saturated heterocycles. The van der Waals surface area contributed by atoms with Crippen LogP contribution >= 0.6 is 0 Å². The van der Waals surface area contributed by atoms with Crippen molar-refractivity contribution in [3.05, 3.63) is 0 Å². The van der Waals surface area contributed by atoms with Crippen LogP contribution in [-0.2, 0) is 20.0 Å². The van der Waals surface area contributed by atoms with E-state index in [1.807, 2.05) is 0 Å². The molecular formula is C18HF38NO4S2. The zero-order valence-corrected chi connectivity index (χ0v) is 27.9. The minimum Gasteiger partial charge on any atom is -0.205 e. The number of halogens is 38. The summed E-state index contributed by atoms with van der Waals surface area (Å²) in [6.07, 6.45) is -16.9. The maximum absolute atomic E-state index is 14.1. The highest BCUT2D eigenvalue weighted by molar-refractivity contribution is 8.05. The van der Waals surface area contributed by atoms with Crippen molar-refractivity contribution >= 4 is 20.0 Å². The first kappa shape index (κ1) is 60.2. The van der Waals surface area contributed by atoms with E-state index in [1.165, 1.54) is 0 Å². The highest BCUT2D eigenvalue weighted by atomic mass is 32.3. The molecule has 0 aliphatic rings. The van der Waals surface area contributed by atoms with Crippen LogP contribution < -0.4 is 4.13 Å². The molecule has 380 valence electrons. The summed E-state index contributed by atoms with van der Waals surface area (Å²) in [5.74, 6) is -136. The van der Waals surface area contributed by atoms with Gasteiger partial charge in [-0.3, -0.25) is 0 Å². The van der Waals surface area contributed by atoms with Crippen molar-refractivity contribution in [3.8, 4) is 0 Å². The third-order valence-electron chi connectivity index (χ3n) is 7.07. The fraction of sp³-hybridized carbons (Fsp3) is 1.00. The first-order valence-corrected chi connectivity index (χ1v) is 15.6. The molecule has 45 heteroatoms. The standard InChI is InChI=1S/C18HF38NO4S2/c19-1(20,3(23,24)7(31,32)11(39,40)15(47,48)49)5(27,28)9(35,36)13(43,44)17(53,54)62(58,59)57-63(60,61)18(55,56)14(45,46)10(37,38)6(29,30)2(21,22)4(25,26)8(33,34)12(41,42)16(50,51)52/h57H. The van der Waals surface area contributed by atoms with Crippen molar-refractivity contribution in [1.82, 2.24) is 4.13 Å². The van der Waals surface area contributed by atoms with Gasteiger partial charge in [0.1, 0.15) is 0 Å².